The monoisotopic (exact) mass is 546 g/mol. The third-order valence-corrected chi connectivity index (χ3v) is 7.70. The molecule has 0 radical (unpaired) electrons. The summed E-state index contributed by atoms with van der Waals surface area (Å²) in [7, 11) is 0.978. The molecule has 2 aliphatic rings. The van der Waals surface area contributed by atoms with E-state index in [1.165, 1.54) is 0 Å². The molecule has 2 aliphatic carbocycles. The normalized spacial score (nSPS) is 30.4. The number of aliphatic carboxylic acids is 2. The summed E-state index contributed by atoms with van der Waals surface area (Å²) in [6, 6.07) is 0. The van der Waals surface area contributed by atoms with Gasteiger partial charge in [-0.05, 0) is 12.8 Å². The van der Waals surface area contributed by atoms with E-state index in [9.17, 15) is 63.7 Å². The number of hydrogen-bond acceptors (Lipinski definition) is 4. The van der Waals surface area contributed by atoms with Crippen LogP contribution in [-0.4, -0.2) is 46.0 Å². The second kappa shape index (κ2) is 10.3. The van der Waals surface area contributed by atoms with Crippen LogP contribution in [0.4, 0.5) is 43.9 Å². The summed E-state index contributed by atoms with van der Waals surface area (Å²) >= 11 is 0. The lowest BCUT2D eigenvalue weighted by atomic mass is 9.75. The molecule has 0 aliphatic heterocycles. The van der Waals surface area contributed by atoms with E-state index >= 15 is 0 Å². The first-order valence-electron chi connectivity index (χ1n) is 8.91. The zero-order chi connectivity index (χ0) is 26.2. The molecular formula is C18H12F10O4S2. The topological polar surface area (TPSA) is 74.6 Å². The number of halogens is 10. The van der Waals surface area contributed by atoms with Gasteiger partial charge in [0.25, 0.3) is 0 Å². The van der Waals surface area contributed by atoms with Crippen molar-refractivity contribution in [2.24, 2.45) is 10.8 Å². The Balaban J connectivity index is 2.10. The molecule has 0 aromatic carbocycles. The molecule has 0 amide bonds. The first kappa shape index (κ1) is 28.1. The fourth-order valence-electron chi connectivity index (χ4n) is 3.29. The summed E-state index contributed by atoms with van der Waals surface area (Å²) in [5, 5.41) is 18.4. The average Bonchev–Trinajstić information content (AvgIpc) is 2.79. The van der Waals surface area contributed by atoms with Gasteiger partial charge in [0.15, 0.2) is 69.8 Å². The van der Waals surface area contributed by atoms with Crippen molar-refractivity contribution in [2.75, 3.05) is 11.5 Å². The van der Waals surface area contributed by atoms with Crippen LogP contribution in [0, 0.1) is 10.8 Å². The molecule has 2 rings (SSSR count). The molecule has 34 heavy (non-hydrogen) atoms. The molecule has 0 bridgehead atoms. The molecule has 0 aromatic heterocycles. The zero-order valence-electron chi connectivity index (χ0n) is 16.3. The van der Waals surface area contributed by atoms with Crippen molar-refractivity contribution in [1.82, 2.24) is 0 Å². The Bertz CT molecular complexity index is 946. The quantitative estimate of drug-likeness (QED) is 0.193. The summed E-state index contributed by atoms with van der Waals surface area (Å²) < 4.78 is 137. The molecule has 4 unspecified atom stereocenters. The van der Waals surface area contributed by atoms with Crippen molar-refractivity contribution in [2.45, 2.75) is 25.2 Å². The Morgan fingerprint density at radius 3 is 1.21 bits per heavy atom. The molecule has 0 heterocycles. The van der Waals surface area contributed by atoms with Gasteiger partial charge in [0.05, 0.1) is 0 Å². The molecule has 4 atom stereocenters. The number of carboxylic acid groups (broad SMARTS) is 2. The van der Waals surface area contributed by atoms with Gasteiger partial charge < -0.3 is 10.2 Å². The zero-order valence-corrected chi connectivity index (χ0v) is 17.9. The van der Waals surface area contributed by atoms with Gasteiger partial charge in [0, 0.05) is 11.5 Å². The summed E-state index contributed by atoms with van der Waals surface area (Å²) in [6.07, 6.45) is -9.15. The largest absolute Gasteiger partial charge is 0.480 e. The number of carboxylic acids is 2. The minimum atomic E-state index is -3.46. The molecule has 0 saturated carbocycles. The van der Waals surface area contributed by atoms with Crippen LogP contribution in [0.25, 0.3) is 0 Å². The predicted molar refractivity (Wildman–Crippen MR) is 101 cm³/mol. The van der Waals surface area contributed by atoms with E-state index in [-0.39, 0.29) is 0 Å². The number of alkyl halides is 2. The van der Waals surface area contributed by atoms with Crippen LogP contribution < -0.4 is 0 Å². The predicted octanol–water partition coefficient (Wildman–Crippen LogP) is 6.60. The smallest absolute Gasteiger partial charge is 0.320 e. The summed E-state index contributed by atoms with van der Waals surface area (Å²) in [6.45, 7) is 0. The Morgan fingerprint density at radius 2 is 0.941 bits per heavy atom. The second-order valence-corrected chi connectivity index (χ2v) is 9.70. The lowest BCUT2D eigenvalue weighted by Gasteiger charge is -2.33. The van der Waals surface area contributed by atoms with Gasteiger partial charge in [-0.15, -0.1) is 0 Å². The van der Waals surface area contributed by atoms with Crippen molar-refractivity contribution < 1.29 is 63.7 Å². The van der Waals surface area contributed by atoms with Gasteiger partial charge in [-0.1, -0.05) is 21.6 Å². The van der Waals surface area contributed by atoms with Crippen molar-refractivity contribution >= 4 is 33.5 Å². The van der Waals surface area contributed by atoms with Crippen molar-refractivity contribution in [3.8, 4) is 0 Å². The highest BCUT2D eigenvalue weighted by atomic mass is 33.1. The van der Waals surface area contributed by atoms with Crippen LogP contribution in [0.15, 0.2) is 46.6 Å². The van der Waals surface area contributed by atoms with E-state index in [1.807, 2.05) is 0 Å². The summed E-state index contributed by atoms with van der Waals surface area (Å²) in [4.78, 5) is 22.9. The lowest BCUT2D eigenvalue weighted by molar-refractivity contribution is -0.152. The minimum Gasteiger partial charge on any atom is -0.480 e. The molecule has 16 heteroatoms. The second-order valence-electron chi connectivity index (χ2n) is 7.00. The number of carbonyl (C=O) groups is 2. The minimum absolute atomic E-state index is 0.489. The number of hydrogen-bond donors (Lipinski definition) is 2. The molecule has 0 aromatic rings. The van der Waals surface area contributed by atoms with Crippen LogP contribution in [0.3, 0.4) is 0 Å². The molecule has 2 N–H and O–H groups in total. The van der Waals surface area contributed by atoms with Crippen LogP contribution >= 0.6 is 21.6 Å². The maximum Gasteiger partial charge on any atom is 0.320 e. The fraction of sp³-hybridized carbons (Fsp3) is 0.444. The number of rotatable bonds is 9. The van der Waals surface area contributed by atoms with E-state index in [2.05, 4.69) is 0 Å². The van der Waals surface area contributed by atoms with Crippen LogP contribution in [0.1, 0.15) is 12.8 Å². The molecule has 0 spiro atoms. The van der Waals surface area contributed by atoms with E-state index < -0.39 is 106 Å². The van der Waals surface area contributed by atoms with Gasteiger partial charge in [0.1, 0.15) is 0 Å². The van der Waals surface area contributed by atoms with E-state index in [0.29, 0.717) is 21.6 Å². The van der Waals surface area contributed by atoms with Crippen molar-refractivity contribution in [3.63, 3.8) is 0 Å². The summed E-state index contributed by atoms with van der Waals surface area (Å²) in [5.41, 5.74) is -6.92. The lowest BCUT2D eigenvalue weighted by Crippen LogP contribution is -2.44. The van der Waals surface area contributed by atoms with Gasteiger partial charge >= 0.3 is 11.9 Å². The van der Waals surface area contributed by atoms with E-state index in [0.717, 1.165) is 0 Å². The van der Waals surface area contributed by atoms with Crippen molar-refractivity contribution in [1.29, 1.82) is 0 Å². The van der Waals surface area contributed by atoms with Crippen LogP contribution in [-0.2, 0) is 9.59 Å². The first-order chi connectivity index (χ1) is 15.7. The SMILES string of the molecule is O=C(O)C1(CCSSCCC2(C(=O)O)C(F)=C(F)C(F)=C(F)C2F)C(F)=C(F)C(F)=C(F)C1F. The Morgan fingerprint density at radius 1 is 0.647 bits per heavy atom. The Kier molecular flexibility index (Phi) is 8.49. The van der Waals surface area contributed by atoms with Gasteiger partial charge in [-0.25, -0.2) is 43.9 Å². The van der Waals surface area contributed by atoms with Crippen LogP contribution in [0.2, 0.25) is 0 Å². The van der Waals surface area contributed by atoms with Crippen LogP contribution in [0.5, 0.6) is 0 Å². The first-order valence-corrected chi connectivity index (χ1v) is 11.4. The Hall–Kier alpha value is -2.10. The fourth-order valence-corrected chi connectivity index (χ4v) is 5.54. The van der Waals surface area contributed by atoms with Gasteiger partial charge in [-0.3, -0.25) is 9.59 Å². The molecule has 190 valence electrons. The highest BCUT2D eigenvalue weighted by Crippen LogP contribution is 2.52. The highest BCUT2D eigenvalue weighted by molar-refractivity contribution is 8.76. The highest BCUT2D eigenvalue weighted by Gasteiger charge is 2.59. The maximum absolute atomic E-state index is 14.2. The third-order valence-electron chi connectivity index (χ3n) is 5.29. The molecule has 0 saturated heterocycles. The van der Waals surface area contributed by atoms with E-state index in [4.69, 9.17) is 0 Å². The molecular weight excluding hydrogens is 534 g/mol. The summed E-state index contributed by atoms with van der Waals surface area (Å²) in [5.74, 6) is -25.9. The number of allylic oxidation sites excluding steroid dienone is 6. The van der Waals surface area contributed by atoms with E-state index in [1.54, 1.807) is 0 Å². The molecule has 0 fully saturated rings. The van der Waals surface area contributed by atoms with Gasteiger partial charge in [-0.2, -0.15) is 0 Å². The third kappa shape index (κ3) is 4.22. The van der Waals surface area contributed by atoms with Crippen molar-refractivity contribution in [3.05, 3.63) is 46.6 Å². The Labute approximate surface area is 191 Å². The standard InChI is InChI=1S/C18H12F10O4S2/c19-5-7(21)11(25)17(15(29)30,12(26)8(5)22)1-3-33-34-4-2-18(16(31)32)13(27)9(23)6(20)10(24)14(18)28/h11,13H,1-4H2,(H,29,30)(H,31,32). The maximum atomic E-state index is 14.2. The molecule has 4 nitrogen and oxygen atoms in total. The van der Waals surface area contributed by atoms with Gasteiger partial charge in [0.2, 0.25) is 0 Å². The average molecular weight is 546 g/mol.